The maximum Gasteiger partial charge on any atom is 0.318 e. The number of anilines is 2. The Morgan fingerprint density at radius 2 is 2.00 bits per heavy atom. The van der Waals surface area contributed by atoms with Crippen molar-refractivity contribution in [2.24, 2.45) is 0 Å². The summed E-state index contributed by atoms with van der Waals surface area (Å²) in [5, 5.41) is 2.89. The number of nitrogens with zero attached hydrogens (tertiary/aromatic N) is 7. The first-order chi connectivity index (χ1) is 20.9. The number of aromatic nitrogens is 2. The van der Waals surface area contributed by atoms with Crippen LogP contribution in [0.1, 0.15) is 31.0 Å². The zero-order valence-corrected chi connectivity index (χ0v) is 25.6. The lowest BCUT2D eigenvalue weighted by Gasteiger charge is -2.45. The van der Waals surface area contributed by atoms with Crippen molar-refractivity contribution in [1.82, 2.24) is 19.8 Å². The molecule has 2 saturated heterocycles. The van der Waals surface area contributed by atoms with E-state index in [1.54, 1.807) is 4.90 Å². The number of likely N-dealkylation sites (tertiary alicyclic amines) is 1. The molecule has 1 aromatic heterocycles. The molecule has 0 radical (unpaired) electrons. The highest BCUT2D eigenvalue weighted by molar-refractivity contribution is 6.36. The van der Waals surface area contributed by atoms with Crippen molar-refractivity contribution in [3.8, 4) is 6.01 Å². The van der Waals surface area contributed by atoms with Crippen molar-refractivity contribution in [2.45, 2.75) is 50.9 Å². The molecule has 10 heteroatoms. The van der Waals surface area contributed by atoms with Crippen LogP contribution in [0, 0.1) is 6.57 Å². The Morgan fingerprint density at radius 3 is 2.74 bits per heavy atom. The lowest BCUT2D eigenvalue weighted by molar-refractivity contribution is -0.128. The van der Waals surface area contributed by atoms with Crippen molar-refractivity contribution in [1.29, 1.82) is 0 Å². The molecule has 6 rings (SSSR count). The van der Waals surface area contributed by atoms with Gasteiger partial charge >= 0.3 is 6.01 Å². The smallest absolute Gasteiger partial charge is 0.318 e. The highest BCUT2D eigenvalue weighted by atomic mass is 35.5. The van der Waals surface area contributed by atoms with Gasteiger partial charge in [0, 0.05) is 48.4 Å². The molecule has 3 aromatic rings. The Morgan fingerprint density at radius 1 is 1.19 bits per heavy atom. The number of hydrogen-bond donors (Lipinski definition) is 0. The molecule has 1 amide bonds. The number of benzene rings is 2. The van der Waals surface area contributed by atoms with Crippen molar-refractivity contribution in [3.05, 3.63) is 76.8 Å². The summed E-state index contributed by atoms with van der Waals surface area (Å²) in [7, 11) is 2.14. The van der Waals surface area contributed by atoms with Crippen LogP contribution in [0.4, 0.5) is 11.5 Å². The number of ether oxygens (including phenoxy) is 1. The first-order valence-corrected chi connectivity index (χ1v) is 15.4. The molecule has 0 N–H and O–H groups in total. The predicted molar refractivity (Wildman–Crippen MR) is 171 cm³/mol. The second-order valence-electron chi connectivity index (χ2n) is 11.8. The van der Waals surface area contributed by atoms with Crippen molar-refractivity contribution < 1.29 is 9.53 Å². The monoisotopic (exact) mass is 599 g/mol. The standard InChI is InChI=1S/C33H38ClN7O2/c1-5-30(42)41-18-22(2)40(19-25(41)17-35-3)32-26-14-16-39(29-13-7-10-23-9-6-12-27(34)31(23)29)20-28(26)36-33(37-32)43-21-24-11-8-15-38(24)4/h5-7,9-10,12-13,22,24-25H,1,8,11,14-21H2,2,4H3/t22-,24-,25-/m0/s1. The Hall–Kier alpha value is -3.87. The second-order valence-corrected chi connectivity index (χ2v) is 12.2. The molecule has 224 valence electrons. The lowest BCUT2D eigenvalue weighted by Crippen LogP contribution is -2.60. The summed E-state index contributed by atoms with van der Waals surface area (Å²) in [6.07, 6.45) is 4.35. The number of carbonyl (C=O) groups is 1. The average molecular weight is 600 g/mol. The van der Waals surface area contributed by atoms with Crippen LogP contribution in [-0.2, 0) is 17.8 Å². The normalized spacial score (nSPS) is 22.4. The fourth-order valence-corrected chi connectivity index (χ4v) is 7.06. The lowest BCUT2D eigenvalue weighted by atomic mass is 10.00. The van der Waals surface area contributed by atoms with Crippen molar-refractivity contribution in [2.75, 3.05) is 56.2 Å². The summed E-state index contributed by atoms with van der Waals surface area (Å²) in [4.78, 5) is 35.0. The van der Waals surface area contributed by atoms with Gasteiger partial charge in [0.15, 0.2) is 0 Å². The van der Waals surface area contributed by atoms with E-state index in [9.17, 15) is 4.79 Å². The predicted octanol–water partition coefficient (Wildman–Crippen LogP) is 4.83. The van der Waals surface area contributed by atoms with E-state index in [1.807, 2.05) is 12.1 Å². The number of amides is 1. The molecule has 3 aliphatic heterocycles. The number of likely N-dealkylation sites (N-methyl/N-ethyl adjacent to an activating group) is 1. The molecule has 0 aliphatic carbocycles. The highest BCUT2D eigenvalue weighted by Crippen LogP contribution is 2.38. The van der Waals surface area contributed by atoms with Gasteiger partial charge in [-0.15, -0.1) is 0 Å². The van der Waals surface area contributed by atoms with E-state index in [1.165, 1.54) is 6.08 Å². The number of rotatable bonds is 7. The minimum atomic E-state index is -0.251. The van der Waals surface area contributed by atoms with Crippen LogP contribution in [0.15, 0.2) is 49.1 Å². The third-order valence-corrected chi connectivity index (χ3v) is 9.46. The van der Waals surface area contributed by atoms with E-state index < -0.39 is 0 Å². The Balaban J connectivity index is 1.37. The van der Waals surface area contributed by atoms with Crippen LogP contribution in [-0.4, -0.2) is 90.2 Å². The third kappa shape index (κ3) is 5.74. The Bertz CT molecular complexity index is 1570. The quantitative estimate of drug-likeness (QED) is 0.285. The summed E-state index contributed by atoms with van der Waals surface area (Å²) in [6.45, 7) is 17.6. The van der Waals surface area contributed by atoms with Gasteiger partial charge in [-0.25, -0.2) is 6.57 Å². The molecule has 43 heavy (non-hydrogen) atoms. The number of halogens is 1. The highest BCUT2D eigenvalue weighted by Gasteiger charge is 2.38. The number of hydrogen-bond acceptors (Lipinski definition) is 7. The van der Waals surface area contributed by atoms with Crippen molar-refractivity contribution >= 4 is 39.8 Å². The van der Waals surface area contributed by atoms with Gasteiger partial charge in [0.05, 0.1) is 17.3 Å². The topological polar surface area (TPSA) is 69.4 Å². The van der Waals surface area contributed by atoms with Crippen LogP contribution in [0.3, 0.4) is 0 Å². The van der Waals surface area contributed by atoms with Gasteiger partial charge < -0.3 is 29.2 Å². The van der Waals surface area contributed by atoms with E-state index in [0.29, 0.717) is 38.3 Å². The van der Waals surface area contributed by atoms with Crippen LogP contribution in [0.2, 0.25) is 5.02 Å². The van der Waals surface area contributed by atoms with Gasteiger partial charge in [0.25, 0.3) is 0 Å². The number of piperazine rings is 1. The molecule has 0 saturated carbocycles. The van der Waals surface area contributed by atoms with E-state index >= 15 is 0 Å². The van der Waals surface area contributed by atoms with Gasteiger partial charge in [-0.2, -0.15) is 9.97 Å². The van der Waals surface area contributed by atoms with Crippen LogP contribution < -0.4 is 14.5 Å². The molecule has 3 atom stereocenters. The van der Waals surface area contributed by atoms with Gasteiger partial charge in [-0.1, -0.05) is 42.4 Å². The minimum Gasteiger partial charge on any atom is -0.462 e. The molecule has 0 unspecified atom stereocenters. The van der Waals surface area contributed by atoms with Gasteiger partial charge in [-0.3, -0.25) is 4.79 Å². The fourth-order valence-electron chi connectivity index (χ4n) is 6.78. The molecule has 3 aliphatic rings. The van der Waals surface area contributed by atoms with E-state index in [-0.39, 0.29) is 24.5 Å². The first-order valence-electron chi connectivity index (χ1n) is 15.1. The molecule has 2 fully saturated rings. The Labute approximate surface area is 258 Å². The summed E-state index contributed by atoms with van der Waals surface area (Å²) >= 11 is 6.71. The van der Waals surface area contributed by atoms with Crippen LogP contribution in [0.5, 0.6) is 6.01 Å². The maximum absolute atomic E-state index is 12.7. The van der Waals surface area contributed by atoms with E-state index in [2.05, 4.69) is 64.4 Å². The summed E-state index contributed by atoms with van der Waals surface area (Å²) in [5.41, 5.74) is 3.13. The molecule has 0 bridgehead atoms. The molecule has 0 spiro atoms. The van der Waals surface area contributed by atoms with Gasteiger partial charge in [0.2, 0.25) is 12.5 Å². The summed E-state index contributed by atoms with van der Waals surface area (Å²) < 4.78 is 6.32. The molecular formula is C33H38ClN7O2. The maximum atomic E-state index is 12.7. The molecular weight excluding hydrogens is 562 g/mol. The van der Waals surface area contributed by atoms with Gasteiger partial charge in [0.1, 0.15) is 18.5 Å². The molecule has 4 heterocycles. The fraction of sp³-hybridized carbons (Fsp3) is 0.455. The summed E-state index contributed by atoms with van der Waals surface area (Å²) in [6, 6.07) is 12.8. The molecule has 9 nitrogen and oxygen atoms in total. The number of carbonyl (C=O) groups excluding carboxylic acids is 1. The second kappa shape index (κ2) is 12.4. The van der Waals surface area contributed by atoms with Crippen molar-refractivity contribution in [3.63, 3.8) is 0 Å². The number of fused-ring (bicyclic) bond motifs is 2. The van der Waals surface area contributed by atoms with Crippen LogP contribution >= 0.6 is 11.6 Å². The van der Waals surface area contributed by atoms with Gasteiger partial charge in [-0.05, 0) is 63.4 Å². The SMILES string of the molecule is [C-]#[N+]C[C@H]1CN(c2nc(OC[C@@H]3CCCN3C)nc3c2CCN(c2cccc4cccc(Cl)c24)C3)[C@@H](C)CN1C(=O)C=C. The van der Waals surface area contributed by atoms with Crippen LogP contribution in [0.25, 0.3) is 15.6 Å². The first kappa shape index (κ1) is 29.2. The van der Waals surface area contributed by atoms with E-state index in [4.69, 9.17) is 32.9 Å². The summed E-state index contributed by atoms with van der Waals surface area (Å²) in [5.74, 6) is 0.711. The molecule has 2 aromatic carbocycles. The third-order valence-electron chi connectivity index (χ3n) is 9.14. The zero-order valence-electron chi connectivity index (χ0n) is 24.9. The average Bonchev–Trinajstić information content (AvgIpc) is 3.44. The van der Waals surface area contributed by atoms with E-state index in [0.717, 1.165) is 70.9 Å². The Kier molecular flexibility index (Phi) is 8.42. The largest absolute Gasteiger partial charge is 0.462 e. The minimum absolute atomic E-state index is 0.00592. The zero-order chi connectivity index (χ0) is 30.1.